The third-order valence-electron chi connectivity index (χ3n) is 3.90. The summed E-state index contributed by atoms with van der Waals surface area (Å²) >= 11 is 3.41. The number of imidazole rings is 1. The fourth-order valence-corrected chi connectivity index (χ4v) is 2.63. The summed E-state index contributed by atoms with van der Waals surface area (Å²) in [6, 6.07) is 8.82. The van der Waals surface area contributed by atoms with Crippen molar-refractivity contribution in [1.82, 2.24) is 14.5 Å². The molecule has 0 aliphatic carbocycles. The molecule has 0 radical (unpaired) electrons. The molecule has 10 heteroatoms. The summed E-state index contributed by atoms with van der Waals surface area (Å²) in [6.45, 7) is 1.79. The number of carbonyl (C=O) groups excluding carboxylic acids is 1. The molecule has 9 nitrogen and oxygen atoms in total. The summed E-state index contributed by atoms with van der Waals surface area (Å²) < 4.78 is 12.8. The van der Waals surface area contributed by atoms with Gasteiger partial charge in [0.25, 0.3) is 5.69 Å². The van der Waals surface area contributed by atoms with Gasteiger partial charge in [-0.2, -0.15) is 0 Å². The van der Waals surface area contributed by atoms with Crippen LogP contribution < -0.4 is 4.74 Å². The van der Waals surface area contributed by atoms with Crippen molar-refractivity contribution in [3.8, 4) is 17.1 Å². The molecule has 0 spiro atoms. The van der Waals surface area contributed by atoms with Crippen LogP contribution >= 0.6 is 15.9 Å². The minimum absolute atomic E-state index is 0.0750. The second kappa shape index (κ2) is 8.17. The largest absolute Gasteiger partial charge is 0.514 e. The number of carbonyl (C=O) groups is 1. The molecule has 3 rings (SSSR count). The van der Waals surface area contributed by atoms with Crippen LogP contribution in [0.4, 0.5) is 10.5 Å². The number of non-ortho nitro benzene ring substituents is 1. The van der Waals surface area contributed by atoms with Crippen molar-refractivity contribution < 1.29 is 19.2 Å². The van der Waals surface area contributed by atoms with Crippen LogP contribution in [-0.2, 0) is 18.4 Å². The SMILES string of the molecule is Cc1nc(-c2ncn(C)c2COC(=O)Oc2ccc([N+](=O)[O-])cc2)ccc1Br. The summed E-state index contributed by atoms with van der Waals surface area (Å²) in [5.74, 6) is 0.144. The van der Waals surface area contributed by atoms with Crippen molar-refractivity contribution in [3.63, 3.8) is 0 Å². The van der Waals surface area contributed by atoms with Gasteiger partial charge in [-0.05, 0) is 47.1 Å². The highest BCUT2D eigenvalue weighted by Gasteiger charge is 2.16. The molecule has 0 fully saturated rings. The maximum absolute atomic E-state index is 12.0. The van der Waals surface area contributed by atoms with Crippen LogP contribution in [-0.4, -0.2) is 25.6 Å². The molecule has 2 aromatic heterocycles. The molecule has 0 N–H and O–H groups in total. The topological polar surface area (TPSA) is 109 Å². The minimum Gasteiger partial charge on any atom is -0.427 e. The van der Waals surface area contributed by atoms with Gasteiger partial charge in [0.05, 0.1) is 28.3 Å². The van der Waals surface area contributed by atoms with Crippen LogP contribution in [0.3, 0.4) is 0 Å². The van der Waals surface area contributed by atoms with Crippen LogP contribution in [0.2, 0.25) is 0 Å². The molecule has 3 aromatic rings. The first-order valence-corrected chi connectivity index (χ1v) is 8.87. The zero-order valence-corrected chi connectivity index (χ0v) is 16.5. The summed E-state index contributed by atoms with van der Waals surface area (Å²) in [5, 5.41) is 10.6. The Kier molecular flexibility index (Phi) is 5.69. The Morgan fingerprint density at radius 1 is 1.25 bits per heavy atom. The van der Waals surface area contributed by atoms with Crippen LogP contribution in [0.5, 0.6) is 5.75 Å². The van der Waals surface area contributed by atoms with Gasteiger partial charge >= 0.3 is 6.16 Å². The number of rotatable bonds is 5. The Labute approximate surface area is 168 Å². The molecule has 1 aromatic carbocycles. The van der Waals surface area contributed by atoms with Gasteiger partial charge in [0, 0.05) is 23.7 Å². The fraction of sp³-hybridized carbons (Fsp3) is 0.167. The molecular formula is C18H15BrN4O5. The van der Waals surface area contributed by atoms with E-state index < -0.39 is 11.1 Å². The van der Waals surface area contributed by atoms with Gasteiger partial charge in [-0.15, -0.1) is 0 Å². The number of aromatic nitrogens is 3. The quantitative estimate of drug-likeness (QED) is 0.250. The zero-order chi connectivity index (χ0) is 20.3. The Bertz CT molecular complexity index is 1030. The summed E-state index contributed by atoms with van der Waals surface area (Å²) in [6.07, 6.45) is 0.676. The monoisotopic (exact) mass is 446 g/mol. The van der Waals surface area contributed by atoms with Gasteiger partial charge in [0.1, 0.15) is 18.1 Å². The molecule has 0 aliphatic rings. The number of ether oxygens (including phenoxy) is 2. The maximum Gasteiger partial charge on any atom is 0.514 e. The van der Waals surface area contributed by atoms with Crippen molar-refractivity contribution in [1.29, 1.82) is 0 Å². The van der Waals surface area contributed by atoms with Gasteiger partial charge in [0.15, 0.2) is 0 Å². The molecule has 0 saturated heterocycles. The van der Waals surface area contributed by atoms with E-state index >= 15 is 0 Å². The number of hydrogen-bond donors (Lipinski definition) is 0. The van der Waals surface area contributed by atoms with E-state index in [0.717, 1.165) is 10.2 Å². The summed E-state index contributed by atoms with van der Waals surface area (Å²) in [4.78, 5) is 30.9. The molecule has 28 heavy (non-hydrogen) atoms. The highest BCUT2D eigenvalue weighted by atomic mass is 79.9. The predicted molar refractivity (Wildman–Crippen MR) is 103 cm³/mol. The highest BCUT2D eigenvalue weighted by molar-refractivity contribution is 9.10. The van der Waals surface area contributed by atoms with E-state index in [1.165, 1.54) is 24.3 Å². The fourth-order valence-electron chi connectivity index (χ4n) is 2.40. The van der Waals surface area contributed by atoms with E-state index in [2.05, 4.69) is 25.9 Å². The maximum atomic E-state index is 12.0. The normalized spacial score (nSPS) is 10.5. The third-order valence-corrected chi connectivity index (χ3v) is 4.74. The molecule has 0 amide bonds. The lowest BCUT2D eigenvalue weighted by atomic mass is 10.2. The van der Waals surface area contributed by atoms with Crippen molar-refractivity contribution in [2.75, 3.05) is 0 Å². The number of pyridine rings is 1. The smallest absolute Gasteiger partial charge is 0.427 e. The minimum atomic E-state index is -0.930. The molecule has 0 unspecified atom stereocenters. The van der Waals surface area contributed by atoms with E-state index in [0.29, 0.717) is 17.1 Å². The average Bonchev–Trinajstić information content (AvgIpc) is 3.03. The van der Waals surface area contributed by atoms with Crippen LogP contribution in [0.15, 0.2) is 47.2 Å². The third kappa shape index (κ3) is 4.34. The van der Waals surface area contributed by atoms with Crippen LogP contribution in [0, 0.1) is 17.0 Å². The second-order valence-corrected chi connectivity index (χ2v) is 6.66. The highest BCUT2D eigenvalue weighted by Crippen LogP contribution is 2.24. The number of hydrogen-bond acceptors (Lipinski definition) is 7. The Morgan fingerprint density at radius 2 is 1.96 bits per heavy atom. The first-order valence-electron chi connectivity index (χ1n) is 8.08. The van der Waals surface area contributed by atoms with Crippen LogP contribution in [0.1, 0.15) is 11.4 Å². The first-order chi connectivity index (χ1) is 13.3. The lowest BCUT2D eigenvalue weighted by molar-refractivity contribution is -0.384. The standard InChI is InChI=1S/C18H15BrN4O5/c1-11-14(19)7-8-15(21-11)17-16(22(2)10-20-17)9-27-18(24)28-13-5-3-12(4-6-13)23(25)26/h3-8,10H,9H2,1-2H3. The first kappa shape index (κ1) is 19.5. The molecule has 0 bridgehead atoms. The summed E-state index contributed by atoms with van der Waals surface area (Å²) in [5.41, 5.74) is 2.62. The Balaban J connectivity index is 1.69. The van der Waals surface area contributed by atoms with E-state index in [1.54, 1.807) is 17.9 Å². The van der Waals surface area contributed by atoms with Gasteiger partial charge < -0.3 is 14.0 Å². The molecule has 0 atom stereocenters. The number of benzene rings is 1. The molecular weight excluding hydrogens is 432 g/mol. The lowest BCUT2D eigenvalue weighted by Crippen LogP contribution is -2.12. The Morgan fingerprint density at radius 3 is 2.61 bits per heavy atom. The van der Waals surface area contributed by atoms with Gasteiger partial charge in [0.2, 0.25) is 0 Å². The van der Waals surface area contributed by atoms with Crippen molar-refractivity contribution in [2.45, 2.75) is 13.5 Å². The molecule has 0 aliphatic heterocycles. The molecule has 144 valence electrons. The van der Waals surface area contributed by atoms with Crippen LogP contribution in [0.25, 0.3) is 11.4 Å². The van der Waals surface area contributed by atoms with Crippen molar-refractivity contribution in [3.05, 3.63) is 68.7 Å². The van der Waals surface area contributed by atoms with Gasteiger partial charge in [-0.25, -0.2) is 9.78 Å². The number of nitro groups is 1. The summed E-state index contributed by atoms with van der Waals surface area (Å²) in [7, 11) is 1.78. The second-order valence-electron chi connectivity index (χ2n) is 5.81. The predicted octanol–water partition coefficient (Wildman–Crippen LogP) is 4.18. The van der Waals surface area contributed by atoms with E-state index in [1.807, 2.05) is 19.1 Å². The number of halogens is 1. The molecule has 0 saturated carbocycles. The average molecular weight is 447 g/mol. The number of nitrogens with zero attached hydrogens (tertiary/aromatic N) is 4. The lowest BCUT2D eigenvalue weighted by Gasteiger charge is -2.09. The zero-order valence-electron chi connectivity index (χ0n) is 15.0. The van der Waals surface area contributed by atoms with Crippen molar-refractivity contribution in [2.24, 2.45) is 7.05 Å². The van der Waals surface area contributed by atoms with Gasteiger partial charge in [-0.3, -0.25) is 15.1 Å². The van der Waals surface area contributed by atoms with Crippen molar-refractivity contribution >= 4 is 27.8 Å². The van der Waals surface area contributed by atoms with Gasteiger partial charge in [-0.1, -0.05) is 0 Å². The Hall–Kier alpha value is -3.27. The number of aryl methyl sites for hydroxylation is 2. The van der Waals surface area contributed by atoms with E-state index in [-0.39, 0.29) is 18.0 Å². The molecule has 2 heterocycles. The number of nitro benzene ring substituents is 1. The van der Waals surface area contributed by atoms with E-state index in [4.69, 9.17) is 9.47 Å². The van der Waals surface area contributed by atoms with E-state index in [9.17, 15) is 14.9 Å².